The average molecular weight is 446 g/mol. The number of carbonyl (C=O) groups is 2. The number of H-pyrrole nitrogens is 1. The highest BCUT2D eigenvalue weighted by Crippen LogP contribution is 2.21. The number of halogens is 1. The van der Waals surface area contributed by atoms with Crippen molar-refractivity contribution in [3.63, 3.8) is 0 Å². The van der Waals surface area contributed by atoms with E-state index in [1.807, 2.05) is 36.4 Å². The number of aromatic amines is 1. The molecular formula is C18H16BrN5O2S. The number of benzene rings is 2. The zero-order chi connectivity index (χ0) is 19.2. The van der Waals surface area contributed by atoms with E-state index in [0.717, 1.165) is 15.7 Å². The fraction of sp³-hybridized carbons (Fsp3) is 0.111. The molecule has 27 heavy (non-hydrogen) atoms. The molecule has 0 saturated carbocycles. The highest BCUT2D eigenvalue weighted by Gasteiger charge is 2.09. The van der Waals surface area contributed by atoms with Gasteiger partial charge in [-0.15, -0.1) is 5.10 Å². The Hall–Kier alpha value is -2.65. The van der Waals surface area contributed by atoms with Crippen LogP contribution in [0, 0.1) is 0 Å². The van der Waals surface area contributed by atoms with Gasteiger partial charge in [-0.05, 0) is 48.5 Å². The molecule has 0 aliphatic heterocycles. The molecule has 7 nitrogen and oxygen atoms in total. The Kier molecular flexibility index (Phi) is 6.25. The first-order valence-electron chi connectivity index (χ1n) is 7.98. The largest absolute Gasteiger partial charge is 0.326 e. The number of hydrogen-bond acceptors (Lipinski definition) is 5. The molecule has 1 heterocycles. The number of rotatable bonds is 6. The molecule has 0 saturated heterocycles. The van der Waals surface area contributed by atoms with Gasteiger partial charge in [0.15, 0.2) is 5.82 Å². The average Bonchev–Trinajstić information content (AvgIpc) is 3.11. The van der Waals surface area contributed by atoms with E-state index in [1.54, 1.807) is 12.1 Å². The quantitative estimate of drug-likeness (QED) is 0.499. The van der Waals surface area contributed by atoms with Crippen molar-refractivity contribution >= 4 is 50.9 Å². The molecule has 1 aromatic heterocycles. The second-order valence-corrected chi connectivity index (χ2v) is 7.43. The summed E-state index contributed by atoms with van der Waals surface area (Å²) in [7, 11) is 0. The molecule has 0 bridgehead atoms. The molecule has 0 spiro atoms. The molecule has 0 radical (unpaired) electrons. The van der Waals surface area contributed by atoms with Crippen molar-refractivity contribution < 1.29 is 9.59 Å². The smallest absolute Gasteiger partial charge is 0.234 e. The van der Waals surface area contributed by atoms with E-state index in [2.05, 4.69) is 41.7 Å². The minimum absolute atomic E-state index is 0.123. The molecule has 9 heteroatoms. The van der Waals surface area contributed by atoms with Crippen molar-refractivity contribution in [1.82, 2.24) is 15.2 Å². The number of amides is 2. The number of aromatic nitrogens is 3. The van der Waals surface area contributed by atoms with Gasteiger partial charge in [-0.3, -0.25) is 14.7 Å². The molecule has 3 rings (SSSR count). The summed E-state index contributed by atoms with van der Waals surface area (Å²) in [6, 6.07) is 14.6. The molecule has 0 aliphatic rings. The summed E-state index contributed by atoms with van der Waals surface area (Å²) in [6.45, 7) is 1.46. The number of anilines is 2. The standard InChI is InChI=1S/C18H16BrN5O2S/c1-11(25)20-14-6-2-12(3-7-14)17-22-18(24-23-17)27-10-16(26)21-15-8-4-13(19)5-9-15/h2-9H,10H2,1H3,(H,20,25)(H,21,26)(H,22,23,24). The first-order valence-corrected chi connectivity index (χ1v) is 9.76. The van der Waals surface area contributed by atoms with Crippen LogP contribution in [0.25, 0.3) is 11.4 Å². The predicted octanol–water partition coefficient (Wildman–Crippen LogP) is 3.92. The molecule has 0 unspecified atom stereocenters. The highest BCUT2D eigenvalue weighted by atomic mass is 79.9. The maximum Gasteiger partial charge on any atom is 0.234 e. The molecule has 138 valence electrons. The Morgan fingerprint density at radius 2 is 1.67 bits per heavy atom. The van der Waals surface area contributed by atoms with Gasteiger partial charge in [-0.2, -0.15) is 0 Å². The second kappa shape index (κ2) is 8.83. The maximum absolute atomic E-state index is 12.0. The van der Waals surface area contributed by atoms with Crippen LogP contribution in [-0.4, -0.2) is 32.7 Å². The van der Waals surface area contributed by atoms with Crippen LogP contribution in [0.4, 0.5) is 11.4 Å². The van der Waals surface area contributed by atoms with Crippen molar-refractivity contribution in [3.05, 3.63) is 53.0 Å². The summed E-state index contributed by atoms with van der Waals surface area (Å²) in [6.07, 6.45) is 0. The van der Waals surface area contributed by atoms with Gasteiger partial charge in [0.1, 0.15) is 0 Å². The Morgan fingerprint density at radius 3 is 2.33 bits per heavy atom. The minimum Gasteiger partial charge on any atom is -0.326 e. The van der Waals surface area contributed by atoms with E-state index in [-0.39, 0.29) is 17.6 Å². The molecular weight excluding hydrogens is 430 g/mol. The third-order valence-corrected chi connectivity index (χ3v) is 4.78. The van der Waals surface area contributed by atoms with Gasteiger partial charge in [-0.25, -0.2) is 4.98 Å². The first-order chi connectivity index (χ1) is 13.0. The van der Waals surface area contributed by atoms with Gasteiger partial charge in [-0.1, -0.05) is 27.7 Å². The maximum atomic E-state index is 12.0. The highest BCUT2D eigenvalue weighted by molar-refractivity contribution is 9.10. The number of thioether (sulfide) groups is 1. The van der Waals surface area contributed by atoms with Crippen molar-refractivity contribution in [2.45, 2.75) is 12.1 Å². The molecule has 0 atom stereocenters. The Balaban J connectivity index is 1.55. The number of nitrogens with one attached hydrogen (secondary N) is 3. The normalized spacial score (nSPS) is 10.4. The third kappa shape index (κ3) is 5.66. The summed E-state index contributed by atoms with van der Waals surface area (Å²) < 4.78 is 0.952. The SMILES string of the molecule is CC(=O)Nc1ccc(-c2nc(SCC(=O)Nc3ccc(Br)cc3)n[nH]2)cc1. The van der Waals surface area contributed by atoms with Crippen LogP contribution in [0.1, 0.15) is 6.92 Å². The molecule has 2 amide bonds. The van der Waals surface area contributed by atoms with Gasteiger partial charge in [0.25, 0.3) is 0 Å². The van der Waals surface area contributed by atoms with E-state index >= 15 is 0 Å². The Labute approximate surface area is 168 Å². The van der Waals surface area contributed by atoms with Crippen LogP contribution < -0.4 is 10.6 Å². The van der Waals surface area contributed by atoms with Crippen LogP contribution in [0.2, 0.25) is 0 Å². The van der Waals surface area contributed by atoms with E-state index in [0.29, 0.717) is 16.7 Å². The lowest BCUT2D eigenvalue weighted by Crippen LogP contribution is -2.13. The number of nitrogens with zero attached hydrogens (tertiary/aromatic N) is 2. The van der Waals surface area contributed by atoms with Crippen molar-refractivity contribution in [2.75, 3.05) is 16.4 Å². The van der Waals surface area contributed by atoms with Gasteiger partial charge < -0.3 is 10.6 Å². The van der Waals surface area contributed by atoms with Crippen LogP contribution >= 0.6 is 27.7 Å². The molecule has 0 fully saturated rings. The molecule has 3 aromatic rings. The lowest BCUT2D eigenvalue weighted by Gasteiger charge is -2.03. The van der Waals surface area contributed by atoms with Gasteiger partial charge in [0.05, 0.1) is 5.75 Å². The van der Waals surface area contributed by atoms with Crippen LogP contribution in [-0.2, 0) is 9.59 Å². The van der Waals surface area contributed by atoms with Crippen LogP contribution in [0.3, 0.4) is 0 Å². The predicted molar refractivity (Wildman–Crippen MR) is 110 cm³/mol. The summed E-state index contributed by atoms with van der Waals surface area (Å²) in [5.74, 6) is 0.547. The van der Waals surface area contributed by atoms with Crippen molar-refractivity contribution in [3.8, 4) is 11.4 Å². The summed E-state index contributed by atoms with van der Waals surface area (Å²) in [5, 5.41) is 13.0. The van der Waals surface area contributed by atoms with Gasteiger partial charge in [0, 0.05) is 28.3 Å². The zero-order valence-electron chi connectivity index (χ0n) is 14.3. The van der Waals surface area contributed by atoms with E-state index in [4.69, 9.17) is 0 Å². The van der Waals surface area contributed by atoms with Crippen LogP contribution in [0.5, 0.6) is 0 Å². The first kappa shape index (κ1) is 19.1. The lowest BCUT2D eigenvalue weighted by molar-refractivity contribution is -0.114. The number of carbonyl (C=O) groups excluding carboxylic acids is 2. The van der Waals surface area contributed by atoms with E-state index in [1.165, 1.54) is 18.7 Å². The second-order valence-electron chi connectivity index (χ2n) is 5.57. The van der Waals surface area contributed by atoms with Crippen molar-refractivity contribution in [1.29, 1.82) is 0 Å². The molecule has 2 aromatic carbocycles. The van der Waals surface area contributed by atoms with E-state index in [9.17, 15) is 9.59 Å². The fourth-order valence-electron chi connectivity index (χ4n) is 2.22. The third-order valence-electron chi connectivity index (χ3n) is 3.40. The van der Waals surface area contributed by atoms with Gasteiger partial charge >= 0.3 is 0 Å². The number of hydrogen-bond donors (Lipinski definition) is 3. The Bertz CT molecular complexity index is 941. The Morgan fingerprint density at radius 1 is 1.04 bits per heavy atom. The summed E-state index contributed by atoms with van der Waals surface area (Å²) >= 11 is 4.60. The van der Waals surface area contributed by atoms with E-state index < -0.39 is 0 Å². The van der Waals surface area contributed by atoms with Crippen LogP contribution in [0.15, 0.2) is 58.2 Å². The van der Waals surface area contributed by atoms with Crippen molar-refractivity contribution in [2.24, 2.45) is 0 Å². The topological polar surface area (TPSA) is 99.8 Å². The summed E-state index contributed by atoms with van der Waals surface area (Å²) in [5.41, 5.74) is 2.28. The zero-order valence-corrected chi connectivity index (χ0v) is 16.7. The fourth-order valence-corrected chi connectivity index (χ4v) is 3.08. The minimum atomic E-state index is -0.131. The lowest BCUT2D eigenvalue weighted by atomic mass is 10.2. The van der Waals surface area contributed by atoms with Gasteiger partial charge in [0.2, 0.25) is 17.0 Å². The molecule has 3 N–H and O–H groups in total. The summed E-state index contributed by atoms with van der Waals surface area (Å²) in [4.78, 5) is 27.5. The monoisotopic (exact) mass is 445 g/mol. The molecule has 0 aliphatic carbocycles.